The second kappa shape index (κ2) is 4.19. The van der Waals surface area contributed by atoms with Crippen molar-refractivity contribution in [3.63, 3.8) is 0 Å². The molecular weight excluding hydrogens is 215 g/mol. The highest BCUT2D eigenvalue weighted by atomic mass is 35.5. The summed E-state index contributed by atoms with van der Waals surface area (Å²) in [4.78, 5) is 0. The van der Waals surface area contributed by atoms with Crippen LogP contribution in [0.4, 0.5) is 13.2 Å². The third kappa shape index (κ3) is 2.62. The molecule has 1 nitrogen and oxygen atoms in total. The highest BCUT2D eigenvalue weighted by molar-refractivity contribution is 6.31. The number of hydrogen-bond donors (Lipinski definition) is 1. The third-order valence-corrected chi connectivity index (χ3v) is 2.10. The molecule has 1 N–H and O–H groups in total. The van der Waals surface area contributed by atoms with Crippen molar-refractivity contribution in [1.82, 2.24) is 5.32 Å². The van der Waals surface area contributed by atoms with Crippen molar-refractivity contribution in [1.29, 1.82) is 0 Å². The molecule has 0 unspecified atom stereocenters. The SMILES string of the molecule is CNCc1ccc(C(F)(F)F)cc1Cl. The van der Waals surface area contributed by atoms with Gasteiger partial charge in [0.15, 0.2) is 0 Å². The molecule has 0 amide bonds. The van der Waals surface area contributed by atoms with Gasteiger partial charge < -0.3 is 5.32 Å². The van der Waals surface area contributed by atoms with Gasteiger partial charge in [0, 0.05) is 11.6 Å². The fourth-order valence-corrected chi connectivity index (χ4v) is 1.30. The summed E-state index contributed by atoms with van der Waals surface area (Å²) in [6, 6.07) is 3.34. The number of alkyl halides is 3. The molecule has 0 aliphatic heterocycles. The topological polar surface area (TPSA) is 12.0 Å². The van der Waals surface area contributed by atoms with Crippen molar-refractivity contribution >= 4 is 11.6 Å². The number of nitrogens with one attached hydrogen (secondary N) is 1. The molecule has 0 heterocycles. The maximum atomic E-state index is 12.2. The van der Waals surface area contributed by atoms with E-state index in [1.54, 1.807) is 7.05 Å². The van der Waals surface area contributed by atoms with Gasteiger partial charge >= 0.3 is 6.18 Å². The first-order chi connectivity index (χ1) is 6.45. The van der Waals surface area contributed by atoms with Crippen LogP contribution in [0.15, 0.2) is 18.2 Å². The van der Waals surface area contributed by atoms with Crippen LogP contribution in [0.5, 0.6) is 0 Å². The number of halogens is 4. The summed E-state index contributed by atoms with van der Waals surface area (Å²) in [5.74, 6) is 0. The van der Waals surface area contributed by atoms with Gasteiger partial charge in [-0.3, -0.25) is 0 Å². The first-order valence-corrected chi connectivity index (χ1v) is 4.33. The van der Waals surface area contributed by atoms with Gasteiger partial charge in [-0.1, -0.05) is 17.7 Å². The van der Waals surface area contributed by atoms with Crippen molar-refractivity contribution in [2.75, 3.05) is 7.05 Å². The van der Waals surface area contributed by atoms with Crippen molar-refractivity contribution in [3.05, 3.63) is 34.3 Å². The first kappa shape index (κ1) is 11.3. The largest absolute Gasteiger partial charge is 0.416 e. The molecule has 0 aromatic heterocycles. The molecule has 0 aliphatic rings. The van der Waals surface area contributed by atoms with Crippen LogP contribution in [-0.4, -0.2) is 7.05 Å². The molecule has 0 spiro atoms. The van der Waals surface area contributed by atoms with Gasteiger partial charge in [0.1, 0.15) is 0 Å². The predicted molar refractivity (Wildman–Crippen MR) is 49.2 cm³/mol. The Bertz CT molecular complexity index is 322. The number of hydrogen-bond acceptors (Lipinski definition) is 1. The second-order valence-electron chi connectivity index (χ2n) is 2.83. The summed E-state index contributed by atoms with van der Waals surface area (Å²) in [5.41, 5.74) is -0.0653. The van der Waals surface area contributed by atoms with Crippen molar-refractivity contribution in [3.8, 4) is 0 Å². The molecule has 78 valence electrons. The molecule has 5 heteroatoms. The second-order valence-corrected chi connectivity index (χ2v) is 3.24. The Hall–Kier alpha value is -0.740. The minimum atomic E-state index is -4.33. The third-order valence-electron chi connectivity index (χ3n) is 1.75. The van der Waals surface area contributed by atoms with Crippen LogP contribution in [0.3, 0.4) is 0 Å². The van der Waals surface area contributed by atoms with Crippen LogP contribution in [-0.2, 0) is 12.7 Å². The normalized spacial score (nSPS) is 11.8. The van der Waals surface area contributed by atoms with Gasteiger partial charge in [-0.25, -0.2) is 0 Å². The van der Waals surface area contributed by atoms with E-state index in [1.165, 1.54) is 6.07 Å². The summed E-state index contributed by atoms with van der Waals surface area (Å²) in [6.45, 7) is 0.455. The Morgan fingerprint density at radius 2 is 2.00 bits per heavy atom. The summed E-state index contributed by atoms with van der Waals surface area (Å²) in [7, 11) is 1.70. The summed E-state index contributed by atoms with van der Waals surface area (Å²) in [6.07, 6.45) is -4.33. The number of benzene rings is 1. The van der Waals surface area contributed by atoms with E-state index in [1.807, 2.05) is 0 Å². The molecule has 0 atom stereocenters. The lowest BCUT2D eigenvalue weighted by atomic mass is 10.1. The first-order valence-electron chi connectivity index (χ1n) is 3.95. The Kier molecular flexibility index (Phi) is 3.39. The zero-order valence-corrected chi connectivity index (χ0v) is 8.21. The van der Waals surface area contributed by atoms with Crippen LogP contribution in [0.1, 0.15) is 11.1 Å². The molecule has 0 fully saturated rings. The monoisotopic (exact) mass is 223 g/mol. The van der Waals surface area contributed by atoms with E-state index in [0.29, 0.717) is 12.1 Å². The maximum absolute atomic E-state index is 12.2. The van der Waals surface area contributed by atoms with Gasteiger partial charge in [0.25, 0.3) is 0 Å². The molecule has 1 rings (SSSR count). The highest BCUT2D eigenvalue weighted by Gasteiger charge is 2.30. The maximum Gasteiger partial charge on any atom is 0.416 e. The standard InChI is InChI=1S/C9H9ClF3N/c1-14-5-6-2-3-7(4-8(6)10)9(11,12)13/h2-4,14H,5H2,1H3. The molecule has 1 aromatic carbocycles. The van der Waals surface area contributed by atoms with Gasteiger partial charge in [-0.05, 0) is 24.7 Å². The molecule has 1 aromatic rings. The molecule has 0 saturated carbocycles. The highest BCUT2D eigenvalue weighted by Crippen LogP contribution is 2.31. The van der Waals surface area contributed by atoms with Crippen LogP contribution in [0.25, 0.3) is 0 Å². The number of rotatable bonds is 2. The molecule has 0 radical (unpaired) electrons. The lowest BCUT2D eigenvalue weighted by Gasteiger charge is -2.09. The van der Waals surface area contributed by atoms with Gasteiger partial charge in [0.05, 0.1) is 5.56 Å². The fraction of sp³-hybridized carbons (Fsp3) is 0.333. The van der Waals surface area contributed by atoms with Crippen molar-refractivity contribution in [2.24, 2.45) is 0 Å². The summed E-state index contributed by atoms with van der Waals surface area (Å²) >= 11 is 5.67. The van der Waals surface area contributed by atoms with Crippen LogP contribution in [0, 0.1) is 0 Å². The van der Waals surface area contributed by atoms with Crippen LogP contribution in [0.2, 0.25) is 5.02 Å². The Morgan fingerprint density at radius 1 is 1.36 bits per heavy atom. The van der Waals surface area contributed by atoms with E-state index >= 15 is 0 Å². The molecule has 0 aliphatic carbocycles. The Balaban J connectivity index is 3.01. The van der Waals surface area contributed by atoms with E-state index in [2.05, 4.69) is 5.32 Å². The summed E-state index contributed by atoms with van der Waals surface area (Å²) < 4.78 is 36.6. The molecule has 0 saturated heterocycles. The van der Waals surface area contributed by atoms with E-state index < -0.39 is 11.7 Å². The summed E-state index contributed by atoms with van der Waals surface area (Å²) in [5, 5.41) is 2.95. The molecule has 0 bridgehead atoms. The smallest absolute Gasteiger partial charge is 0.316 e. The molecule has 14 heavy (non-hydrogen) atoms. The van der Waals surface area contributed by atoms with Crippen LogP contribution >= 0.6 is 11.6 Å². The average molecular weight is 224 g/mol. The lowest BCUT2D eigenvalue weighted by molar-refractivity contribution is -0.137. The Morgan fingerprint density at radius 3 is 2.43 bits per heavy atom. The molecular formula is C9H9ClF3N. The van der Waals surface area contributed by atoms with Gasteiger partial charge in [-0.15, -0.1) is 0 Å². The minimum Gasteiger partial charge on any atom is -0.316 e. The van der Waals surface area contributed by atoms with Crippen LogP contribution < -0.4 is 5.32 Å². The Labute approximate surface area is 84.9 Å². The van der Waals surface area contributed by atoms with Gasteiger partial charge in [-0.2, -0.15) is 13.2 Å². The zero-order valence-electron chi connectivity index (χ0n) is 7.45. The van der Waals surface area contributed by atoms with E-state index in [0.717, 1.165) is 12.1 Å². The zero-order chi connectivity index (χ0) is 10.8. The average Bonchev–Trinajstić information content (AvgIpc) is 2.07. The lowest BCUT2D eigenvalue weighted by Crippen LogP contribution is -2.08. The predicted octanol–water partition coefficient (Wildman–Crippen LogP) is 3.08. The van der Waals surface area contributed by atoms with E-state index in [4.69, 9.17) is 11.6 Å². The quantitative estimate of drug-likeness (QED) is 0.813. The van der Waals surface area contributed by atoms with E-state index in [9.17, 15) is 13.2 Å². The van der Waals surface area contributed by atoms with Crippen molar-refractivity contribution < 1.29 is 13.2 Å². The minimum absolute atomic E-state index is 0.133. The van der Waals surface area contributed by atoms with Crippen molar-refractivity contribution in [2.45, 2.75) is 12.7 Å². The van der Waals surface area contributed by atoms with E-state index in [-0.39, 0.29) is 5.02 Å². The van der Waals surface area contributed by atoms with Gasteiger partial charge in [0.2, 0.25) is 0 Å². The fourth-order valence-electron chi connectivity index (χ4n) is 1.06.